The molecule has 2 amide bonds. The summed E-state index contributed by atoms with van der Waals surface area (Å²) in [6.45, 7) is 3.73. The fraction of sp³-hybridized carbons (Fsp3) is 0.250. The van der Waals surface area contributed by atoms with Crippen LogP contribution in [0.25, 0.3) is 22.4 Å². The number of carbonyl (C=O) groups excluding carboxylic acids is 2. The maximum Gasteiger partial charge on any atom is 0.252 e. The van der Waals surface area contributed by atoms with Crippen LogP contribution in [0.3, 0.4) is 0 Å². The van der Waals surface area contributed by atoms with E-state index in [1.54, 1.807) is 6.07 Å². The number of benzene rings is 2. The predicted octanol–water partition coefficient (Wildman–Crippen LogP) is 4.64. The molecule has 0 unspecified atom stereocenters. The Morgan fingerprint density at radius 2 is 1.74 bits per heavy atom. The summed E-state index contributed by atoms with van der Waals surface area (Å²) < 4.78 is 5.75. The molecule has 1 aliphatic rings. The number of pyridine rings is 1. The zero-order chi connectivity index (χ0) is 24.2. The van der Waals surface area contributed by atoms with E-state index in [-0.39, 0.29) is 17.9 Å². The lowest BCUT2D eigenvalue weighted by atomic mass is 10.0. The molecule has 35 heavy (non-hydrogen) atoms. The Labute approximate surface area is 204 Å². The zero-order valence-corrected chi connectivity index (χ0v) is 19.7. The largest absolute Gasteiger partial charge is 0.460 e. The number of amides is 2. The van der Waals surface area contributed by atoms with E-state index in [1.165, 1.54) is 0 Å². The minimum atomic E-state index is -0.117. The molecule has 7 heteroatoms. The van der Waals surface area contributed by atoms with E-state index in [4.69, 9.17) is 9.40 Å². The van der Waals surface area contributed by atoms with Gasteiger partial charge in [-0.05, 0) is 56.2 Å². The summed E-state index contributed by atoms with van der Waals surface area (Å²) in [7, 11) is 0. The minimum Gasteiger partial charge on any atom is -0.460 e. The van der Waals surface area contributed by atoms with Crippen molar-refractivity contribution in [1.29, 1.82) is 0 Å². The number of hydrogen-bond donors (Lipinski definition) is 2. The molecule has 3 heterocycles. The van der Waals surface area contributed by atoms with Crippen LogP contribution in [0.4, 0.5) is 5.69 Å². The SMILES string of the molecule is Cc1ccc(-c2cc(C(=O)NC3CCN(CC(=O)Nc4ccccc4)CC3)c3ccccc3n2)o1. The van der Waals surface area contributed by atoms with Crippen molar-refractivity contribution in [2.45, 2.75) is 25.8 Å². The summed E-state index contributed by atoms with van der Waals surface area (Å²) in [6.07, 6.45) is 1.58. The van der Waals surface area contributed by atoms with Gasteiger partial charge in [0.2, 0.25) is 5.91 Å². The Balaban J connectivity index is 1.23. The van der Waals surface area contributed by atoms with Gasteiger partial charge in [0.1, 0.15) is 11.5 Å². The molecule has 0 spiro atoms. The molecule has 0 radical (unpaired) electrons. The molecule has 5 rings (SSSR count). The highest BCUT2D eigenvalue weighted by Gasteiger charge is 2.24. The second kappa shape index (κ2) is 10.1. The first-order valence-electron chi connectivity index (χ1n) is 11.9. The van der Waals surface area contributed by atoms with Crippen molar-refractivity contribution in [3.8, 4) is 11.5 Å². The van der Waals surface area contributed by atoms with Crippen LogP contribution in [0.5, 0.6) is 0 Å². The van der Waals surface area contributed by atoms with Gasteiger partial charge in [-0.1, -0.05) is 36.4 Å². The number of likely N-dealkylation sites (tertiary alicyclic amines) is 1. The van der Waals surface area contributed by atoms with Crippen LogP contribution in [-0.2, 0) is 4.79 Å². The molecule has 2 N–H and O–H groups in total. The Morgan fingerprint density at radius 3 is 2.49 bits per heavy atom. The second-order valence-electron chi connectivity index (χ2n) is 8.92. The summed E-state index contributed by atoms with van der Waals surface area (Å²) >= 11 is 0. The van der Waals surface area contributed by atoms with Crippen molar-refractivity contribution in [2.24, 2.45) is 0 Å². The second-order valence-corrected chi connectivity index (χ2v) is 8.92. The van der Waals surface area contributed by atoms with Crippen molar-refractivity contribution in [3.05, 3.63) is 84.1 Å². The predicted molar refractivity (Wildman–Crippen MR) is 136 cm³/mol. The van der Waals surface area contributed by atoms with Gasteiger partial charge in [-0.2, -0.15) is 0 Å². The van der Waals surface area contributed by atoms with Crippen LogP contribution in [0.1, 0.15) is 29.0 Å². The lowest BCUT2D eigenvalue weighted by Crippen LogP contribution is -2.46. The average Bonchev–Trinajstić information content (AvgIpc) is 3.31. The number of furan rings is 1. The van der Waals surface area contributed by atoms with Gasteiger partial charge < -0.3 is 15.1 Å². The number of aryl methyl sites for hydroxylation is 1. The maximum absolute atomic E-state index is 13.3. The molecular weight excluding hydrogens is 440 g/mol. The first-order valence-corrected chi connectivity index (χ1v) is 11.9. The Bertz CT molecular complexity index is 1340. The van der Waals surface area contributed by atoms with E-state index < -0.39 is 0 Å². The molecule has 1 saturated heterocycles. The Morgan fingerprint density at radius 1 is 1.00 bits per heavy atom. The molecule has 0 bridgehead atoms. The molecule has 0 atom stereocenters. The van der Waals surface area contributed by atoms with Crippen LogP contribution >= 0.6 is 0 Å². The van der Waals surface area contributed by atoms with Gasteiger partial charge in [0.05, 0.1) is 17.6 Å². The van der Waals surface area contributed by atoms with E-state index in [9.17, 15) is 9.59 Å². The van der Waals surface area contributed by atoms with Crippen molar-refractivity contribution < 1.29 is 14.0 Å². The molecule has 7 nitrogen and oxygen atoms in total. The van der Waals surface area contributed by atoms with Gasteiger partial charge in [0, 0.05) is 30.2 Å². The number of fused-ring (bicyclic) bond motifs is 1. The number of nitrogens with zero attached hydrogens (tertiary/aromatic N) is 2. The fourth-order valence-electron chi connectivity index (χ4n) is 4.49. The van der Waals surface area contributed by atoms with Crippen LogP contribution < -0.4 is 10.6 Å². The number of nitrogens with one attached hydrogen (secondary N) is 2. The third-order valence-corrected chi connectivity index (χ3v) is 6.30. The maximum atomic E-state index is 13.3. The van der Waals surface area contributed by atoms with Crippen molar-refractivity contribution in [3.63, 3.8) is 0 Å². The van der Waals surface area contributed by atoms with Gasteiger partial charge in [-0.15, -0.1) is 0 Å². The highest BCUT2D eigenvalue weighted by atomic mass is 16.3. The van der Waals surface area contributed by atoms with Gasteiger partial charge >= 0.3 is 0 Å². The van der Waals surface area contributed by atoms with E-state index >= 15 is 0 Å². The number of rotatable bonds is 6. The zero-order valence-electron chi connectivity index (χ0n) is 19.7. The van der Waals surface area contributed by atoms with Crippen LogP contribution in [0, 0.1) is 6.92 Å². The molecular formula is C28H28N4O3. The number of para-hydroxylation sites is 2. The third-order valence-electron chi connectivity index (χ3n) is 6.30. The number of carbonyl (C=O) groups is 2. The number of piperidine rings is 1. The summed E-state index contributed by atoms with van der Waals surface area (Å²) in [5.41, 5.74) is 2.78. The first kappa shape index (κ1) is 22.8. The number of anilines is 1. The number of aromatic nitrogens is 1. The summed E-state index contributed by atoms with van der Waals surface area (Å²) in [4.78, 5) is 32.5. The quantitative estimate of drug-likeness (QED) is 0.431. The summed E-state index contributed by atoms with van der Waals surface area (Å²) in [6, 6.07) is 22.7. The Hall–Kier alpha value is -3.97. The van der Waals surface area contributed by atoms with E-state index in [0.717, 1.165) is 48.3 Å². The topological polar surface area (TPSA) is 87.5 Å². The molecule has 0 aliphatic carbocycles. The van der Waals surface area contributed by atoms with Gasteiger partial charge in [0.15, 0.2) is 5.76 Å². The van der Waals surface area contributed by atoms with Crippen molar-refractivity contribution >= 4 is 28.4 Å². The van der Waals surface area contributed by atoms with Gasteiger partial charge in [-0.25, -0.2) is 4.98 Å². The van der Waals surface area contributed by atoms with Crippen LogP contribution in [0.2, 0.25) is 0 Å². The minimum absolute atomic E-state index is 0.0253. The molecule has 0 saturated carbocycles. The third kappa shape index (κ3) is 5.41. The molecule has 1 aliphatic heterocycles. The fourth-order valence-corrected chi connectivity index (χ4v) is 4.49. The lowest BCUT2D eigenvalue weighted by molar-refractivity contribution is -0.117. The summed E-state index contributed by atoms with van der Waals surface area (Å²) in [5.74, 6) is 1.30. The van der Waals surface area contributed by atoms with Crippen molar-refractivity contribution in [1.82, 2.24) is 15.2 Å². The molecule has 2 aromatic carbocycles. The average molecular weight is 469 g/mol. The molecule has 178 valence electrons. The lowest BCUT2D eigenvalue weighted by Gasteiger charge is -2.32. The highest BCUT2D eigenvalue weighted by molar-refractivity contribution is 6.07. The Kier molecular flexibility index (Phi) is 6.59. The molecule has 1 fully saturated rings. The van der Waals surface area contributed by atoms with Crippen LogP contribution in [0.15, 0.2) is 77.2 Å². The molecule has 4 aromatic rings. The van der Waals surface area contributed by atoms with Crippen molar-refractivity contribution in [2.75, 3.05) is 25.0 Å². The summed E-state index contributed by atoms with van der Waals surface area (Å²) in [5, 5.41) is 6.94. The van der Waals surface area contributed by atoms with E-state index in [1.807, 2.05) is 73.7 Å². The van der Waals surface area contributed by atoms with E-state index in [0.29, 0.717) is 23.6 Å². The van der Waals surface area contributed by atoms with E-state index in [2.05, 4.69) is 15.5 Å². The van der Waals surface area contributed by atoms with Gasteiger partial charge in [0.25, 0.3) is 5.91 Å². The monoisotopic (exact) mass is 468 g/mol. The van der Waals surface area contributed by atoms with Crippen LogP contribution in [-0.4, -0.2) is 47.4 Å². The standard InChI is InChI=1S/C28H28N4O3/c1-19-11-12-26(35-19)25-17-23(22-9-5-6-10-24(22)31-25)28(34)30-21-13-15-32(16-14-21)18-27(33)29-20-7-3-2-4-8-20/h2-12,17,21H,13-16,18H2,1H3,(H,29,33)(H,30,34). The highest BCUT2D eigenvalue weighted by Crippen LogP contribution is 2.26. The smallest absolute Gasteiger partial charge is 0.252 e. The first-order chi connectivity index (χ1) is 17.0. The normalized spacial score (nSPS) is 14.7. The van der Waals surface area contributed by atoms with Gasteiger partial charge in [-0.3, -0.25) is 14.5 Å². The molecule has 2 aromatic heterocycles. The number of hydrogen-bond acceptors (Lipinski definition) is 5.